The van der Waals surface area contributed by atoms with Crippen LogP contribution in [0, 0.1) is 0 Å². The van der Waals surface area contributed by atoms with Crippen LogP contribution in [0.25, 0.3) is 0 Å². The molecule has 0 atom stereocenters. The van der Waals surface area contributed by atoms with Gasteiger partial charge in [0.05, 0.1) is 6.61 Å². The number of methoxy groups -OCH3 is 1. The van der Waals surface area contributed by atoms with Crippen molar-refractivity contribution in [3.8, 4) is 0 Å². The number of likely N-dealkylation sites (N-methyl/N-ethyl adjacent to an activating group) is 1. The largest absolute Gasteiger partial charge is 0.383 e. The fourth-order valence-corrected chi connectivity index (χ4v) is 2.51. The molecule has 0 unspecified atom stereocenters. The molecule has 0 aliphatic rings. The minimum absolute atomic E-state index is 0.0534. The van der Waals surface area contributed by atoms with Gasteiger partial charge in [0.15, 0.2) is 0 Å². The van der Waals surface area contributed by atoms with E-state index in [1.165, 1.54) is 12.3 Å². The molecule has 0 aliphatic heterocycles. The molecule has 120 valence electrons. The third kappa shape index (κ3) is 4.29. The summed E-state index contributed by atoms with van der Waals surface area (Å²) in [7, 11) is -2.27. The summed E-state index contributed by atoms with van der Waals surface area (Å²) in [6.07, 6.45) is 1.40. The van der Waals surface area contributed by atoms with Crippen LogP contribution < -0.4 is 5.14 Å². The molecular weight excluding hydrogens is 294 g/mol. The first-order valence-corrected chi connectivity index (χ1v) is 8.29. The van der Waals surface area contributed by atoms with E-state index >= 15 is 0 Å². The Kier molecular flexibility index (Phi) is 5.94. The molecule has 1 rings (SSSR count). The zero-order chi connectivity index (χ0) is 16.2. The molecule has 1 amide bonds. The number of rotatable bonds is 7. The van der Waals surface area contributed by atoms with E-state index in [0.717, 1.165) is 0 Å². The van der Waals surface area contributed by atoms with Crippen LogP contribution in [0.4, 0.5) is 0 Å². The van der Waals surface area contributed by atoms with Crippen LogP contribution in [0.1, 0.15) is 37.3 Å². The molecule has 1 aromatic heterocycles. The number of ether oxygens (including phenoxy) is 1. The lowest BCUT2D eigenvalue weighted by atomic mass is 10.3. The minimum Gasteiger partial charge on any atom is -0.383 e. The Balaban J connectivity index is 3.21. The van der Waals surface area contributed by atoms with Crippen molar-refractivity contribution in [2.24, 2.45) is 5.14 Å². The molecule has 0 spiro atoms. The number of hydrogen-bond donors (Lipinski definition) is 1. The highest BCUT2D eigenvalue weighted by molar-refractivity contribution is 7.89. The molecule has 0 radical (unpaired) electrons. The van der Waals surface area contributed by atoms with Crippen molar-refractivity contribution in [2.75, 3.05) is 26.8 Å². The van der Waals surface area contributed by atoms with Crippen LogP contribution in [0.3, 0.4) is 0 Å². The van der Waals surface area contributed by atoms with Crippen LogP contribution in [-0.2, 0) is 14.8 Å². The average molecular weight is 317 g/mol. The maximum atomic E-state index is 12.6. The average Bonchev–Trinajstić information content (AvgIpc) is 2.84. The van der Waals surface area contributed by atoms with Crippen molar-refractivity contribution in [3.05, 3.63) is 18.0 Å². The summed E-state index contributed by atoms with van der Waals surface area (Å²) in [6, 6.07) is 1.27. The van der Waals surface area contributed by atoms with Crippen LogP contribution >= 0.6 is 0 Å². The van der Waals surface area contributed by atoms with Crippen LogP contribution in [0.15, 0.2) is 17.2 Å². The zero-order valence-corrected chi connectivity index (χ0v) is 13.7. The van der Waals surface area contributed by atoms with E-state index in [1.54, 1.807) is 16.6 Å². The molecular formula is C13H23N3O4S. The van der Waals surface area contributed by atoms with Gasteiger partial charge >= 0.3 is 0 Å². The number of nitrogens with zero attached hydrogens (tertiary/aromatic N) is 2. The molecule has 2 N–H and O–H groups in total. The first kappa shape index (κ1) is 17.7. The lowest BCUT2D eigenvalue weighted by Gasteiger charge is -2.22. The summed E-state index contributed by atoms with van der Waals surface area (Å²) in [5.41, 5.74) is 0.312. The van der Waals surface area contributed by atoms with Crippen LogP contribution in [0.2, 0.25) is 0 Å². The summed E-state index contributed by atoms with van der Waals surface area (Å²) in [5, 5.41) is 5.14. The topological polar surface area (TPSA) is 94.6 Å². The molecule has 0 aromatic carbocycles. The van der Waals surface area contributed by atoms with Crippen molar-refractivity contribution in [3.63, 3.8) is 0 Å². The number of amides is 1. The highest BCUT2D eigenvalue weighted by Gasteiger charge is 2.23. The first-order valence-electron chi connectivity index (χ1n) is 6.75. The number of carbonyl (C=O) groups is 1. The molecule has 7 nitrogen and oxygen atoms in total. The van der Waals surface area contributed by atoms with Gasteiger partial charge in [-0.25, -0.2) is 13.6 Å². The highest BCUT2D eigenvalue weighted by Crippen LogP contribution is 2.19. The number of hydrogen-bond acceptors (Lipinski definition) is 4. The second kappa shape index (κ2) is 7.06. The smallest absolute Gasteiger partial charge is 0.270 e. The first-order chi connectivity index (χ1) is 9.72. The van der Waals surface area contributed by atoms with Gasteiger partial charge in [0, 0.05) is 32.4 Å². The summed E-state index contributed by atoms with van der Waals surface area (Å²) < 4.78 is 29.6. The summed E-state index contributed by atoms with van der Waals surface area (Å²) in [4.78, 5) is 14.1. The van der Waals surface area contributed by atoms with E-state index in [2.05, 4.69) is 0 Å². The number of carbonyl (C=O) groups excluding carboxylic acids is 1. The van der Waals surface area contributed by atoms with Crippen molar-refractivity contribution < 1.29 is 17.9 Å². The van der Waals surface area contributed by atoms with Crippen molar-refractivity contribution >= 4 is 15.9 Å². The second-order valence-corrected chi connectivity index (χ2v) is 6.55. The zero-order valence-electron chi connectivity index (χ0n) is 12.9. The maximum absolute atomic E-state index is 12.6. The molecule has 0 aliphatic carbocycles. The van der Waals surface area contributed by atoms with Crippen LogP contribution in [0.5, 0.6) is 0 Å². The normalized spacial score (nSPS) is 11.9. The SMILES string of the molecule is CCN(CCOC)C(=O)c1cc(S(N)(=O)=O)cn1C(C)C. The van der Waals surface area contributed by atoms with Gasteiger partial charge in [-0.3, -0.25) is 4.79 Å². The third-order valence-corrected chi connectivity index (χ3v) is 4.04. The summed E-state index contributed by atoms with van der Waals surface area (Å²) in [6.45, 7) is 6.97. The van der Waals surface area contributed by atoms with E-state index in [4.69, 9.17) is 9.88 Å². The molecule has 0 fully saturated rings. The Bertz CT molecular complexity index is 593. The lowest BCUT2D eigenvalue weighted by molar-refractivity contribution is 0.0694. The standard InChI is InChI=1S/C13H23N3O4S/c1-5-15(6-7-20-4)13(17)12-8-11(21(14,18)19)9-16(12)10(2)3/h8-10H,5-7H2,1-4H3,(H2,14,18,19). The molecule has 0 saturated heterocycles. The van der Waals surface area contributed by atoms with Gasteiger partial charge < -0.3 is 14.2 Å². The molecule has 8 heteroatoms. The molecule has 1 aromatic rings. The van der Waals surface area contributed by atoms with E-state index in [1.807, 2.05) is 20.8 Å². The van der Waals surface area contributed by atoms with Gasteiger partial charge in [-0.2, -0.15) is 0 Å². The molecule has 0 bridgehead atoms. The third-order valence-electron chi connectivity index (χ3n) is 3.16. The molecule has 21 heavy (non-hydrogen) atoms. The number of sulfonamides is 1. The Morgan fingerprint density at radius 3 is 2.52 bits per heavy atom. The van der Waals surface area contributed by atoms with Gasteiger partial charge in [0.1, 0.15) is 10.6 Å². The Hall–Kier alpha value is -1.38. The maximum Gasteiger partial charge on any atom is 0.270 e. The van der Waals surface area contributed by atoms with E-state index < -0.39 is 10.0 Å². The van der Waals surface area contributed by atoms with Gasteiger partial charge in [-0.1, -0.05) is 0 Å². The van der Waals surface area contributed by atoms with Crippen LogP contribution in [-0.4, -0.2) is 50.6 Å². The number of primary sulfonamides is 1. The Morgan fingerprint density at radius 2 is 2.10 bits per heavy atom. The molecule has 1 heterocycles. The van der Waals surface area contributed by atoms with Gasteiger partial charge in [0.25, 0.3) is 5.91 Å². The predicted octanol–water partition coefficient (Wildman–Crippen LogP) is 0.825. The van der Waals surface area contributed by atoms with E-state index in [0.29, 0.717) is 25.4 Å². The quantitative estimate of drug-likeness (QED) is 0.805. The van der Waals surface area contributed by atoms with Gasteiger partial charge in [-0.15, -0.1) is 0 Å². The van der Waals surface area contributed by atoms with Gasteiger partial charge in [-0.05, 0) is 26.8 Å². The molecule has 0 saturated carbocycles. The van der Waals surface area contributed by atoms with Gasteiger partial charge in [0.2, 0.25) is 10.0 Å². The van der Waals surface area contributed by atoms with E-state index in [-0.39, 0.29) is 16.8 Å². The number of aromatic nitrogens is 1. The fraction of sp³-hybridized carbons (Fsp3) is 0.615. The number of nitrogens with two attached hydrogens (primary N) is 1. The lowest BCUT2D eigenvalue weighted by Crippen LogP contribution is -2.35. The minimum atomic E-state index is -3.84. The Labute approximate surface area is 125 Å². The van der Waals surface area contributed by atoms with Crippen molar-refractivity contribution in [1.29, 1.82) is 0 Å². The Morgan fingerprint density at radius 1 is 1.48 bits per heavy atom. The van der Waals surface area contributed by atoms with Crippen molar-refractivity contribution in [1.82, 2.24) is 9.47 Å². The summed E-state index contributed by atoms with van der Waals surface area (Å²) >= 11 is 0. The monoisotopic (exact) mass is 317 g/mol. The summed E-state index contributed by atoms with van der Waals surface area (Å²) in [5.74, 6) is -0.238. The second-order valence-electron chi connectivity index (χ2n) is 4.98. The highest BCUT2D eigenvalue weighted by atomic mass is 32.2. The van der Waals surface area contributed by atoms with Crippen molar-refractivity contribution in [2.45, 2.75) is 31.7 Å². The van der Waals surface area contributed by atoms with E-state index in [9.17, 15) is 13.2 Å². The fourth-order valence-electron chi connectivity index (χ4n) is 1.97. The predicted molar refractivity (Wildman–Crippen MR) is 79.6 cm³/mol.